The largest absolute Gasteiger partial charge is 0.476 e. The summed E-state index contributed by atoms with van der Waals surface area (Å²) < 4.78 is 11.2. The van der Waals surface area contributed by atoms with E-state index in [4.69, 9.17) is 14.3 Å². The van der Waals surface area contributed by atoms with Gasteiger partial charge in [0.25, 0.3) is 0 Å². The second-order valence-corrected chi connectivity index (χ2v) is 4.23. The van der Waals surface area contributed by atoms with Gasteiger partial charge in [0.1, 0.15) is 12.0 Å². The van der Waals surface area contributed by atoms with Crippen molar-refractivity contribution in [1.29, 1.82) is 0 Å². The van der Waals surface area contributed by atoms with Gasteiger partial charge < -0.3 is 14.3 Å². The molecule has 5 nitrogen and oxygen atoms in total. The number of aromatic carboxylic acids is 1. The molecule has 0 atom stereocenters. The van der Waals surface area contributed by atoms with Crippen LogP contribution in [0.2, 0.25) is 0 Å². The highest BCUT2D eigenvalue weighted by Gasteiger charge is 2.12. The SMILES string of the molecule is Cc1cc(Br)ccc1Oc1nc(C(=O)O)co1. The number of oxazole rings is 1. The minimum absolute atomic E-state index is 0.0900. The molecule has 1 aromatic heterocycles. The van der Waals surface area contributed by atoms with Crippen molar-refractivity contribution < 1.29 is 19.1 Å². The summed E-state index contributed by atoms with van der Waals surface area (Å²) in [5, 5.41) is 8.67. The molecular formula is C11H8BrNO4. The topological polar surface area (TPSA) is 72.6 Å². The minimum Gasteiger partial charge on any atom is -0.476 e. The molecule has 6 heteroatoms. The number of rotatable bonds is 3. The van der Waals surface area contributed by atoms with Crippen LogP contribution in [0.25, 0.3) is 0 Å². The lowest BCUT2D eigenvalue weighted by Crippen LogP contribution is -1.96. The zero-order valence-electron chi connectivity index (χ0n) is 8.81. The smallest absolute Gasteiger partial charge is 0.399 e. The quantitative estimate of drug-likeness (QED) is 0.941. The molecule has 0 saturated heterocycles. The normalized spacial score (nSPS) is 10.2. The molecule has 0 fully saturated rings. The van der Waals surface area contributed by atoms with Gasteiger partial charge in [0.05, 0.1) is 0 Å². The fraction of sp³-hybridized carbons (Fsp3) is 0.0909. The fourth-order valence-corrected chi connectivity index (χ4v) is 1.70. The average Bonchev–Trinajstić information content (AvgIpc) is 2.71. The standard InChI is InChI=1S/C11H8BrNO4/c1-6-4-7(12)2-3-9(6)17-11-13-8(5-16-11)10(14)15/h2-5H,1H3,(H,14,15). The van der Waals surface area contributed by atoms with E-state index in [1.807, 2.05) is 19.1 Å². The Bertz CT molecular complexity index is 564. The molecule has 1 aromatic carbocycles. The van der Waals surface area contributed by atoms with Crippen LogP contribution < -0.4 is 4.74 Å². The lowest BCUT2D eigenvalue weighted by Gasteiger charge is -2.04. The molecule has 2 aromatic rings. The number of hydrogen-bond donors (Lipinski definition) is 1. The van der Waals surface area contributed by atoms with Crippen LogP contribution in [0.15, 0.2) is 33.4 Å². The van der Waals surface area contributed by atoms with E-state index in [9.17, 15) is 4.79 Å². The van der Waals surface area contributed by atoms with Crippen LogP contribution in [-0.2, 0) is 0 Å². The third-order valence-electron chi connectivity index (χ3n) is 2.04. The number of nitrogens with zero attached hydrogens (tertiary/aromatic N) is 1. The molecule has 0 amide bonds. The van der Waals surface area contributed by atoms with E-state index >= 15 is 0 Å². The maximum Gasteiger partial charge on any atom is 0.399 e. The predicted octanol–water partition coefficient (Wildman–Crippen LogP) is 3.24. The molecule has 1 N–H and O–H groups in total. The minimum atomic E-state index is -1.16. The highest BCUT2D eigenvalue weighted by Crippen LogP contribution is 2.26. The number of benzene rings is 1. The first-order chi connectivity index (χ1) is 8.06. The van der Waals surface area contributed by atoms with Crippen molar-refractivity contribution in [3.63, 3.8) is 0 Å². The summed E-state index contributed by atoms with van der Waals surface area (Å²) in [5.74, 6) is -0.594. The number of carboxylic acids is 1. The number of carbonyl (C=O) groups is 1. The van der Waals surface area contributed by atoms with Gasteiger partial charge in [-0.25, -0.2) is 4.79 Å². The van der Waals surface area contributed by atoms with Crippen LogP contribution in [0, 0.1) is 6.92 Å². The molecule has 0 radical (unpaired) electrons. The van der Waals surface area contributed by atoms with Crippen molar-refractivity contribution in [2.75, 3.05) is 0 Å². The third kappa shape index (κ3) is 2.65. The zero-order valence-corrected chi connectivity index (χ0v) is 10.4. The van der Waals surface area contributed by atoms with Crippen molar-refractivity contribution in [1.82, 2.24) is 4.98 Å². The number of ether oxygens (including phenoxy) is 1. The summed E-state index contributed by atoms with van der Waals surface area (Å²) in [5.41, 5.74) is 0.698. The van der Waals surface area contributed by atoms with Gasteiger partial charge in [0.2, 0.25) is 0 Å². The molecule has 0 spiro atoms. The van der Waals surface area contributed by atoms with Crippen LogP contribution >= 0.6 is 15.9 Å². The molecule has 2 rings (SSSR count). The van der Waals surface area contributed by atoms with E-state index in [0.717, 1.165) is 16.3 Å². The van der Waals surface area contributed by atoms with Crippen molar-refractivity contribution in [2.24, 2.45) is 0 Å². The lowest BCUT2D eigenvalue weighted by atomic mass is 10.2. The van der Waals surface area contributed by atoms with Crippen LogP contribution in [0.4, 0.5) is 0 Å². The maximum atomic E-state index is 10.6. The van der Waals surface area contributed by atoms with Crippen molar-refractivity contribution in [2.45, 2.75) is 6.92 Å². The van der Waals surface area contributed by atoms with Crippen molar-refractivity contribution in [3.8, 4) is 11.8 Å². The number of aryl methyl sites for hydroxylation is 1. The lowest BCUT2D eigenvalue weighted by molar-refractivity contribution is 0.0690. The molecule has 88 valence electrons. The average molecular weight is 298 g/mol. The molecule has 0 aliphatic rings. The van der Waals surface area contributed by atoms with Crippen LogP contribution in [0.3, 0.4) is 0 Å². The molecule has 0 unspecified atom stereocenters. The van der Waals surface area contributed by atoms with Crippen LogP contribution in [0.1, 0.15) is 16.1 Å². The first-order valence-corrected chi connectivity index (χ1v) is 5.48. The number of aromatic nitrogens is 1. The molecule has 0 aliphatic carbocycles. The molecule has 1 heterocycles. The van der Waals surface area contributed by atoms with E-state index in [-0.39, 0.29) is 11.8 Å². The Morgan fingerprint density at radius 3 is 2.88 bits per heavy atom. The Labute approximate surface area is 105 Å². The monoisotopic (exact) mass is 297 g/mol. The molecule has 17 heavy (non-hydrogen) atoms. The summed E-state index contributed by atoms with van der Waals surface area (Å²) >= 11 is 3.33. The van der Waals surface area contributed by atoms with Gasteiger partial charge in [-0.1, -0.05) is 15.9 Å². The van der Waals surface area contributed by atoms with E-state index in [2.05, 4.69) is 20.9 Å². The molecule has 0 saturated carbocycles. The highest BCUT2D eigenvalue weighted by molar-refractivity contribution is 9.10. The van der Waals surface area contributed by atoms with Crippen LogP contribution in [-0.4, -0.2) is 16.1 Å². The van der Waals surface area contributed by atoms with Gasteiger partial charge in [-0.3, -0.25) is 0 Å². The number of carboxylic acid groups (broad SMARTS) is 1. The Kier molecular flexibility index (Phi) is 3.14. The molecule has 0 bridgehead atoms. The maximum absolute atomic E-state index is 10.6. The first-order valence-electron chi connectivity index (χ1n) is 4.69. The summed E-state index contributed by atoms with van der Waals surface area (Å²) in [6, 6.07) is 5.42. The Morgan fingerprint density at radius 2 is 2.29 bits per heavy atom. The van der Waals surface area contributed by atoms with E-state index in [1.54, 1.807) is 6.07 Å². The summed E-state index contributed by atoms with van der Waals surface area (Å²) in [4.78, 5) is 14.3. The summed E-state index contributed by atoms with van der Waals surface area (Å²) in [6.45, 7) is 1.86. The second-order valence-electron chi connectivity index (χ2n) is 3.32. The Hall–Kier alpha value is -1.82. The summed E-state index contributed by atoms with van der Waals surface area (Å²) in [6.07, 6.45) is 0.944. The Balaban J connectivity index is 2.22. The van der Waals surface area contributed by atoms with Gasteiger partial charge in [0, 0.05) is 4.47 Å². The van der Waals surface area contributed by atoms with Crippen LogP contribution in [0.5, 0.6) is 11.8 Å². The van der Waals surface area contributed by atoms with Gasteiger partial charge >= 0.3 is 12.0 Å². The predicted molar refractivity (Wildman–Crippen MR) is 62.4 cm³/mol. The highest BCUT2D eigenvalue weighted by atomic mass is 79.9. The van der Waals surface area contributed by atoms with E-state index in [1.165, 1.54) is 0 Å². The van der Waals surface area contributed by atoms with Gasteiger partial charge in [-0.2, -0.15) is 4.98 Å². The third-order valence-corrected chi connectivity index (χ3v) is 2.53. The Morgan fingerprint density at radius 1 is 1.53 bits per heavy atom. The second kappa shape index (κ2) is 4.58. The van der Waals surface area contributed by atoms with Crippen molar-refractivity contribution >= 4 is 21.9 Å². The fourth-order valence-electron chi connectivity index (χ4n) is 1.22. The van der Waals surface area contributed by atoms with Gasteiger partial charge in [0.15, 0.2) is 5.69 Å². The number of halogens is 1. The zero-order chi connectivity index (χ0) is 12.4. The van der Waals surface area contributed by atoms with Crippen molar-refractivity contribution in [3.05, 3.63) is 40.2 Å². The van der Waals surface area contributed by atoms with E-state index in [0.29, 0.717) is 5.75 Å². The van der Waals surface area contributed by atoms with Gasteiger partial charge in [-0.05, 0) is 30.7 Å². The number of hydrogen-bond acceptors (Lipinski definition) is 4. The molecular weight excluding hydrogens is 290 g/mol. The summed E-state index contributed by atoms with van der Waals surface area (Å²) in [7, 11) is 0. The molecule has 0 aliphatic heterocycles. The van der Waals surface area contributed by atoms with Gasteiger partial charge in [-0.15, -0.1) is 0 Å². The van der Waals surface area contributed by atoms with E-state index < -0.39 is 5.97 Å². The first kappa shape index (κ1) is 11.7.